The van der Waals surface area contributed by atoms with E-state index in [1.54, 1.807) is 11.9 Å². The van der Waals surface area contributed by atoms with Crippen LogP contribution in [0.15, 0.2) is 54.6 Å². The Morgan fingerprint density at radius 1 is 1.16 bits per heavy atom. The first-order valence-corrected chi connectivity index (χ1v) is 8.18. The van der Waals surface area contributed by atoms with E-state index in [1.807, 2.05) is 54.6 Å². The zero-order valence-corrected chi connectivity index (χ0v) is 14.1. The zero-order chi connectivity index (χ0) is 17.6. The average Bonchev–Trinajstić information content (AvgIpc) is 2.77. The van der Waals surface area contributed by atoms with Gasteiger partial charge in [-0.3, -0.25) is 14.9 Å². The fraction of sp³-hybridized carbons (Fsp3) is 0.263. The van der Waals surface area contributed by atoms with Crippen LogP contribution in [-0.2, 0) is 16.1 Å². The number of nitrogens with zero attached hydrogens (tertiary/aromatic N) is 1. The number of hydrogen-bond donors (Lipinski definition) is 2. The summed E-state index contributed by atoms with van der Waals surface area (Å²) in [6.07, 6.45) is 0. The quantitative estimate of drug-likeness (QED) is 0.862. The number of fused-ring (bicyclic) bond motifs is 1. The standard InChI is InChI=1S/C19H21N3O3/c1-22-16-9-5-6-10-17(16)25-13-15(19(22)24)20-12-18(23)21-11-14-7-3-2-4-8-14/h2-10,15,20H,11-13H2,1H3,(H,21,23)/t15-/m0/s1. The van der Waals surface area contributed by atoms with E-state index in [0.29, 0.717) is 12.3 Å². The third-order valence-corrected chi connectivity index (χ3v) is 4.10. The van der Waals surface area contributed by atoms with Crippen molar-refractivity contribution in [2.45, 2.75) is 12.6 Å². The van der Waals surface area contributed by atoms with Gasteiger partial charge in [-0.25, -0.2) is 0 Å². The summed E-state index contributed by atoms with van der Waals surface area (Å²) in [5.41, 5.74) is 1.75. The van der Waals surface area contributed by atoms with Crippen molar-refractivity contribution >= 4 is 17.5 Å². The van der Waals surface area contributed by atoms with Gasteiger partial charge < -0.3 is 15.0 Å². The number of carbonyl (C=O) groups is 2. The van der Waals surface area contributed by atoms with Crippen molar-refractivity contribution in [1.29, 1.82) is 0 Å². The third-order valence-electron chi connectivity index (χ3n) is 4.10. The van der Waals surface area contributed by atoms with E-state index in [-0.39, 0.29) is 25.0 Å². The van der Waals surface area contributed by atoms with Crippen molar-refractivity contribution in [3.63, 3.8) is 0 Å². The van der Waals surface area contributed by atoms with Crippen molar-refractivity contribution in [3.8, 4) is 5.75 Å². The van der Waals surface area contributed by atoms with E-state index in [1.165, 1.54) is 0 Å². The van der Waals surface area contributed by atoms with E-state index < -0.39 is 6.04 Å². The van der Waals surface area contributed by atoms with Gasteiger partial charge in [-0.15, -0.1) is 0 Å². The summed E-state index contributed by atoms with van der Waals surface area (Å²) in [5, 5.41) is 5.81. The van der Waals surface area contributed by atoms with Gasteiger partial charge in [0.15, 0.2) is 0 Å². The minimum atomic E-state index is -0.570. The molecule has 0 saturated heterocycles. The molecule has 2 aromatic rings. The second-order valence-electron chi connectivity index (χ2n) is 5.87. The number of para-hydroxylation sites is 2. The Labute approximate surface area is 146 Å². The number of likely N-dealkylation sites (N-methyl/N-ethyl adjacent to an activating group) is 1. The van der Waals surface area contributed by atoms with E-state index in [0.717, 1.165) is 11.3 Å². The molecule has 0 aromatic heterocycles. The molecule has 0 unspecified atom stereocenters. The summed E-state index contributed by atoms with van der Waals surface area (Å²) in [4.78, 5) is 26.1. The lowest BCUT2D eigenvalue weighted by molar-refractivity contribution is -0.122. The molecular weight excluding hydrogens is 318 g/mol. The van der Waals surface area contributed by atoms with Gasteiger partial charge in [0.2, 0.25) is 11.8 Å². The molecule has 0 saturated carbocycles. The number of rotatable bonds is 5. The lowest BCUT2D eigenvalue weighted by Crippen LogP contribution is -2.49. The van der Waals surface area contributed by atoms with E-state index in [4.69, 9.17) is 4.74 Å². The van der Waals surface area contributed by atoms with E-state index in [9.17, 15) is 9.59 Å². The summed E-state index contributed by atoms with van der Waals surface area (Å²) in [7, 11) is 1.71. The van der Waals surface area contributed by atoms with Crippen molar-refractivity contribution in [2.75, 3.05) is 25.1 Å². The monoisotopic (exact) mass is 339 g/mol. The molecule has 0 spiro atoms. The number of nitrogens with one attached hydrogen (secondary N) is 2. The summed E-state index contributed by atoms with van der Waals surface area (Å²) in [6, 6.07) is 16.5. The molecule has 3 rings (SSSR count). The maximum Gasteiger partial charge on any atom is 0.247 e. The lowest BCUT2D eigenvalue weighted by atomic mass is 10.2. The first kappa shape index (κ1) is 17.0. The molecule has 0 bridgehead atoms. The summed E-state index contributed by atoms with van der Waals surface area (Å²) < 4.78 is 5.71. The molecule has 1 atom stereocenters. The largest absolute Gasteiger partial charge is 0.489 e. The molecule has 1 aliphatic heterocycles. The predicted molar refractivity (Wildman–Crippen MR) is 95.4 cm³/mol. The van der Waals surface area contributed by atoms with Crippen LogP contribution < -0.4 is 20.3 Å². The molecule has 25 heavy (non-hydrogen) atoms. The average molecular weight is 339 g/mol. The minimum Gasteiger partial charge on any atom is -0.489 e. The summed E-state index contributed by atoms with van der Waals surface area (Å²) in [6.45, 7) is 0.699. The van der Waals surface area contributed by atoms with Crippen LogP contribution >= 0.6 is 0 Å². The first-order valence-electron chi connectivity index (χ1n) is 8.18. The predicted octanol–water partition coefficient (Wildman–Crippen LogP) is 1.32. The Morgan fingerprint density at radius 2 is 1.88 bits per heavy atom. The van der Waals surface area contributed by atoms with Crippen LogP contribution in [0, 0.1) is 0 Å². The van der Waals surface area contributed by atoms with Gasteiger partial charge in [0.05, 0.1) is 12.2 Å². The van der Waals surface area contributed by atoms with Gasteiger partial charge in [0.1, 0.15) is 18.4 Å². The molecule has 2 amide bonds. The third kappa shape index (κ3) is 4.16. The highest BCUT2D eigenvalue weighted by Gasteiger charge is 2.29. The normalized spacial score (nSPS) is 16.6. The number of hydrogen-bond acceptors (Lipinski definition) is 4. The molecule has 2 N–H and O–H groups in total. The Morgan fingerprint density at radius 3 is 2.68 bits per heavy atom. The molecule has 0 fully saturated rings. The highest BCUT2D eigenvalue weighted by atomic mass is 16.5. The van der Waals surface area contributed by atoms with E-state index in [2.05, 4.69) is 10.6 Å². The van der Waals surface area contributed by atoms with Gasteiger partial charge in [0.25, 0.3) is 0 Å². The number of benzene rings is 2. The SMILES string of the molecule is CN1C(=O)[C@@H](NCC(=O)NCc2ccccc2)COc2ccccc21. The molecule has 2 aromatic carbocycles. The van der Waals surface area contributed by atoms with Crippen LogP contribution in [0.1, 0.15) is 5.56 Å². The summed E-state index contributed by atoms with van der Waals surface area (Å²) >= 11 is 0. The van der Waals surface area contributed by atoms with Crippen molar-refractivity contribution in [3.05, 3.63) is 60.2 Å². The highest BCUT2D eigenvalue weighted by molar-refractivity contribution is 5.99. The first-order chi connectivity index (χ1) is 12.1. The van der Waals surface area contributed by atoms with Crippen molar-refractivity contribution in [1.82, 2.24) is 10.6 Å². The number of amides is 2. The van der Waals surface area contributed by atoms with E-state index >= 15 is 0 Å². The molecule has 1 heterocycles. The molecule has 1 aliphatic rings. The Hall–Kier alpha value is -2.86. The smallest absolute Gasteiger partial charge is 0.247 e. The second-order valence-corrected chi connectivity index (χ2v) is 5.87. The molecular formula is C19H21N3O3. The van der Waals surface area contributed by atoms with Gasteiger partial charge in [-0.2, -0.15) is 0 Å². The van der Waals surface area contributed by atoms with Crippen molar-refractivity contribution < 1.29 is 14.3 Å². The minimum absolute atomic E-state index is 0.0524. The number of anilines is 1. The van der Waals surface area contributed by atoms with Crippen molar-refractivity contribution in [2.24, 2.45) is 0 Å². The van der Waals surface area contributed by atoms with Crippen LogP contribution in [0.4, 0.5) is 5.69 Å². The summed E-state index contributed by atoms with van der Waals surface area (Å²) in [5.74, 6) is 0.373. The van der Waals surface area contributed by atoms with Crippen LogP contribution in [0.2, 0.25) is 0 Å². The number of ether oxygens (including phenoxy) is 1. The van der Waals surface area contributed by atoms with Gasteiger partial charge in [-0.05, 0) is 17.7 Å². The highest BCUT2D eigenvalue weighted by Crippen LogP contribution is 2.29. The second kappa shape index (κ2) is 7.81. The maximum absolute atomic E-state index is 12.6. The van der Waals surface area contributed by atoms with Gasteiger partial charge in [0, 0.05) is 13.6 Å². The van der Waals surface area contributed by atoms with Crippen LogP contribution in [0.25, 0.3) is 0 Å². The number of carbonyl (C=O) groups excluding carboxylic acids is 2. The molecule has 130 valence electrons. The molecule has 6 nitrogen and oxygen atoms in total. The van der Waals surface area contributed by atoms with Crippen LogP contribution in [-0.4, -0.2) is 38.1 Å². The zero-order valence-electron chi connectivity index (χ0n) is 14.1. The Kier molecular flexibility index (Phi) is 5.30. The Bertz CT molecular complexity index is 749. The Balaban J connectivity index is 1.53. The fourth-order valence-corrected chi connectivity index (χ4v) is 2.67. The molecule has 6 heteroatoms. The van der Waals surface area contributed by atoms with Gasteiger partial charge >= 0.3 is 0 Å². The molecule has 0 aliphatic carbocycles. The lowest BCUT2D eigenvalue weighted by Gasteiger charge is -2.20. The fourth-order valence-electron chi connectivity index (χ4n) is 2.67. The maximum atomic E-state index is 12.6. The van der Waals surface area contributed by atoms with Crippen LogP contribution in [0.5, 0.6) is 5.75 Å². The topological polar surface area (TPSA) is 70.7 Å². The van der Waals surface area contributed by atoms with Crippen LogP contribution in [0.3, 0.4) is 0 Å². The van der Waals surface area contributed by atoms with Gasteiger partial charge in [-0.1, -0.05) is 42.5 Å². The molecule has 0 radical (unpaired) electrons.